The van der Waals surface area contributed by atoms with Gasteiger partial charge in [-0.05, 0) is 38.0 Å². The summed E-state index contributed by atoms with van der Waals surface area (Å²) in [6, 6.07) is 8.32. The van der Waals surface area contributed by atoms with Gasteiger partial charge in [0.2, 0.25) is 0 Å². The van der Waals surface area contributed by atoms with Crippen molar-refractivity contribution < 1.29 is 5.11 Å². The van der Waals surface area contributed by atoms with E-state index in [2.05, 4.69) is 45.9 Å². The van der Waals surface area contributed by atoms with Crippen LogP contribution in [0.5, 0.6) is 0 Å². The fraction of sp³-hybridized carbons (Fsp3) is 0.467. The molecule has 1 aromatic rings. The second-order valence-corrected chi connectivity index (χ2v) is 7.37. The largest absolute Gasteiger partial charge is 0.511 e. The van der Waals surface area contributed by atoms with Gasteiger partial charge in [-0.1, -0.05) is 32.0 Å². The van der Waals surface area contributed by atoms with Crippen molar-refractivity contribution in [3.8, 4) is 0 Å². The Bertz CT molecular complexity index is 483. The number of benzene rings is 1. The fourth-order valence-corrected chi connectivity index (χ4v) is 3.53. The molecule has 0 saturated heterocycles. The van der Waals surface area contributed by atoms with E-state index in [0.29, 0.717) is 5.76 Å². The first-order valence-electron chi connectivity index (χ1n) is 5.96. The zero-order chi connectivity index (χ0) is 12.8. The third-order valence-corrected chi connectivity index (χ3v) is 5.71. The molecular weight excluding hydrogens is 228 g/mol. The van der Waals surface area contributed by atoms with Crippen LogP contribution < -0.4 is 0 Å². The Morgan fingerprint density at radius 3 is 2.29 bits per heavy atom. The Kier molecular flexibility index (Phi) is 2.81. The first kappa shape index (κ1) is 12.6. The lowest BCUT2D eigenvalue weighted by molar-refractivity contribution is 0.220. The summed E-state index contributed by atoms with van der Waals surface area (Å²) in [5, 5.41) is 10.5. The molecule has 1 aliphatic heterocycles. The molecule has 0 saturated carbocycles. The highest BCUT2D eigenvalue weighted by atomic mass is 32.2. The molecule has 0 atom stereocenters. The predicted molar refractivity (Wildman–Crippen MR) is 75.4 cm³/mol. The molecule has 0 unspecified atom stereocenters. The van der Waals surface area contributed by atoms with Crippen LogP contribution in [0, 0.1) is 5.41 Å². The SMILES string of the molecule is CC1=C(O)C(C)(C)C(C)(C)Sc2ccccc21. The summed E-state index contributed by atoms with van der Waals surface area (Å²) in [4.78, 5) is 1.26. The molecule has 0 aromatic heterocycles. The molecule has 1 N–H and O–H groups in total. The molecular formula is C15H20OS. The van der Waals surface area contributed by atoms with Gasteiger partial charge in [-0.2, -0.15) is 0 Å². The second kappa shape index (κ2) is 3.81. The van der Waals surface area contributed by atoms with Crippen LogP contribution in [0.2, 0.25) is 0 Å². The molecule has 0 radical (unpaired) electrons. The predicted octanol–water partition coefficient (Wildman–Crippen LogP) is 4.89. The minimum Gasteiger partial charge on any atom is -0.511 e. The Balaban J connectivity index is 2.72. The van der Waals surface area contributed by atoms with E-state index in [9.17, 15) is 5.11 Å². The maximum Gasteiger partial charge on any atom is 0.103 e. The third kappa shape index (κ3) is 1.79. The molecule has 2 rings (SSSR count). The maximum absolute atomic E-state index is 10.5. The Labute approximate surface area is 108 Å². The highest BCUT2D eigenvalue weighted by Gasteiger charge is 2.44. The first-order valence-corrected chi connectivity index (χ1v) is 6.78. The lowest BCUT2D eigenvalue weighted by Crippen LogP contribution is -2.37. The maximum atomic E-state index is 10.5. The van der Waals surface area contributed by atoms with Crippen LogP contribution in [0.3, 0.4) is 0 Å². The van der Waals surface area contributed by atoms with Gasteiger partial charge in [0.15, 0.2) is 0 Å². The van der Waals surface area contributed by atoms with E-state index in [1.165, 1.54) is 4.90 Å². The minimum atomic E-state index is -0.235. The normalized spacial score (nSPS) is 21.9. The van der Waals surface area contributed by atoms with Gasteiger partial charge in [0, 0.05) is 15.1 Å². The van der Waals surface area contributed by atoms with Gasteiger partial charge in [0.25, 0.3) is 0 Å². The minimum absolute atomic E-state index is 0.0368. The number of allylic oxidation sites excluding steroid dienone is 2. The molecule has 2 heteroatoms. The van der Waals surface area contributed by atoms with Gasteiger partial charge in [-0.3, -0.25) is 0 Å². The zero-order valence-corrected chi connectivity index (χ0v) is 12.0. The molecule has 17 heavy (non-hydrogen) atoms. The molecule has 1 aliphatic rings. The second-order valence-electron chi connectivity index (χ2n) is 5.71. The van der Waals surface area contributed by atoms with E-state index in [0.717, 1.165) is 11.1 Å². The fourth-order valence-electron chi connectivity index (χ4n) is 2.15. The lowest BCUT2D eigenvalue weighted by Gasteiger charge is -2.39. The summed E-state index contributed by atoms with van der Waals surface area (Å²) in [5.74, 6) is 0.514. The number of aliphatic hydroxyl groups excluding tert-OH is 1. The summed E-state index contributed by atoms with van der Waals surface area (Å²) >= 11 is 1.85. The summed E-state index contributed by atoms with van der Waals surface area (Å²) < 4.78 is -0.0368. The Morgan fingerprint density at radius 2 is 1.65 bits per heavy atom. The van der Waals surface area contributed by atoms with Gasteiger partial charge < -0.3 is 5.11 Å². The molecule has 0 spiro atoms. The molecule has 1 heterocycles. The molecule has 1 aromatic carbocycles. The molecule has 92 valence electrons. The van der Waals surface area contributed by atoms with Crippen LogP contribution in [0.15, 0.2) is 34.9 Å². The topological polar surface area (TPSA) is 20.2 Å². The van der Waals surface area contributed by atoms with Crippen LogP contribution >= 0.6 is 11.8 Å². The molecule has 0 bridgehead atoms. The van der Waals surface area contributed by atoms with Crippen molar-refractivity contribution in [2.75, 3.05) is 0 Å². The van der Waals surface area contributed by atoms with E-state index in [-0.39, 0.29) is 10.2 Å². The molecule has 1 nitrogen and oxygen atoms in total. The standard InChI is InChI=1S/C15H20OS/c1-10-11-8-6-7-9-12(11)17-15(4,5)14(2,3)13(10)16/h6-9,16H,1-5H3. The van der Waals surface area contributed by atoms with Crippen molar-refractivity contribution in [2.24, 2.45) is 5.41 Å². The average molecular weight is 248 g/mol. The molecule has 0 fully saturated rings. The van der Waals surface area contributed by atoms with Crippen molar-refractivity contribution >= 4 is 17.3 Å². The van der Waals surface area contributed by atoms with Gasteiger partial charge in [0.1, 0.15) is 5.76 Å². The summed E-state index contributed by atoms with van der Waals surface area (Å²) in [5.41, 5.74) is 1.93. The van der Waals surface area contributed by atoms with Gasteiger partial charge in [0.05, 0.1) is 0 Å². The average Bonchev–Trinajstić information content (AvgIpc) is 2.30. The number of fused-ring (bicyclic) bond motifs is 1. The molecule has 0 amide bonds. The monoisotopic (exact) mass is 248 g/mol. The summed E-state index contributed by atoms with van der Waals surface area (Å²) in [6.45, 7) is 10.6. The van der Waals surface area contributed by atoms with E-state index >= 15 is 0 Å². The van der Waals surface area contributed by atoms with E-state index < -0.39 is 0 Å². The smallest absolute Gasteiger partial charge is 0.103 e. The molecule has 0 aliphatic carbocycles. The van der Waals surface area contributed by atoms with Crippen LogP contribution in [-0.2, 0) is 0 Å². The number of hydrogen-bond donors (Lipinski definition) is 1. The van der Waals surface area contributed by atoms with Crippen molar-refractivity contribution in [2.45, 2.75) is 44.3 Å². The van der Waals surface area contributed by atoms with E-state index in [4.69, 9.17) is 0 Å². The quantitative estimate of drug-likeness (QED) is 0.705. The van der Waals surface area contributed by atoms with E-state index in [1.54, 1.807) is 0 Å². The van der Waals surface area contributed by atoms with Crippen molar-refractivity contribution in [1.29, 1.82) is 0 Å². The Hall–Kier alpha value is -0.890. The number of rotatable bonds is 0. The lowest BCUT2D eigenvalue weighted by atomic mass is 9.76. The number of hydrogen-bond acceptors (Lipinski definition) is 2. The van der Waals surface area contributed by atoms with Gasteiger partial charge in [-0.15, -0.1) is 11.8 Å². The van der Waals surface area contributed by atoms with Gasteiger partial charge in [-0.25, -0.2) is 0 Å². The van der Waals surface area contributed by atoms with Crippen LogP contribution in [0.25, 0.3) is 5.57 Å². The van der Waals surface area contributed by atoms with Crippen LogP contribution in [0.1, 0.15) is 40.2 Å². The van der Waals surface area contributed by atoms with Crippen molar-refractivity contribution in [1.82, 2.24) is 0 Å². The number of aliphatic hydroxyl groups is 1. The van der Waals surface area contributed by atoms with Gasteiger partial charge >= 0.3 is 0 Å². The highest BCUT2D eigenvalue weighted by Crippen LogP contribution is 2.54. The van der Waals surface area contributed by atoms with Crippen molar-refractivity contribution in [3.63, 3.8) is 0 Å². The van der Waals surface area contributed by atoms with Crippen molar-refractivity contribution in [3.05, 3.63) is 35.6 Å². The van der Waals surface area contributed by atoms with E-state index in [1.807, 2.05) is 24.8 Å². The zero-order valence-electron chi connectivity index (χ0n) is 11.2. The summed E-state index contributed by atoms with van der Waals surface area (Å²) in [7, 11) is 0. The first-order chi connectivity index (χ1) is 7.77. The summed E-state index contributed by atoms with van der Waals surface area (Å²) in [6.07, 6.45) is 0. The third-order valence-electron chi connectivity index (χ3n) is 4.11. The van der Waals surface area contributed by atoms with Crippen LogP contribution in [0.4, 0.5) is 0 Å². The number of thioether (sulfide) groups is 1. The Morgan fingerprint density at radius 1 is 1.06 bits per heavy atom. The van der Waals surface area contributed by atoms with Crippen LogP contribution in [-0.4, -0.2) is 9.85 Å². The highest BCUT2D eigenvalue weighted by molar-refractivity contribution is 8.00.